The van der Waals surface area contributed by atoms with Gasteiger partial charge in [0.1, 0.15) is 5.75 Å². The van der Waals surface area contributed by atoms with Crippen molar-refractivity contribution in [2.75, 3.05) is 13.7 Å². The molecule has 1 N–H and O–H groups in total. The average Bonchev–Trinajstić information content (AvgIpc) is 2.47. The largest absolute Gasteiger partial charge is 0.497 e. The van der Waals surface area contributed by atoms with E-state index in [0.717, 1.165) is 17.7 Å². The lowest BCUT2D eigenvalue weighted by Crippen LogP contribution is -2.59. The van der Waals surface area contributed by atoms with Gasteiger partial charge in [0.2, 0.25) is 0 Å². The normalized spacial score (nSPS) is 36.3. The fraction of sp³-hybridized carbons (Fsp3) is 0.647. The summed E-state index contributed by atoms with van der Waals surface area (Å²) in [6, 6.07) is 7.50. The first-order valence-electron chi connectivity index (χ1n) is 7.74. The van der Waals surface area contributed by atoms with E-state index in [0.29, 0.717) is 5.41 Å². The molecule has 0 spiro atoms. The number of nitrogens with one attached hydrogen (secondary N) is 1. The van der Waals surface area contributed by atoms with Crippen LogP contribution < -0.4 is 10.1 Å². The smallest absolute Gasteiger partial charge is 0.119 e. The summed E-state index contributed by atoms with van der Waals surface area (Å²) in [6.07, 6.45) is 8.15. The lowest BCUT2D eigenvalue weighted by molar-refractivity contribution is 0.0795. The predicted octanol–water partition coefficient (Wildman–Crippen LogP) is 3.04. The van der Waals surface area contributed by atoms with Gasteiger partial charge >= 0.3 is 0 Å². The summed E-state index contributed by atoms with van der Waals surface area (Å²) in [6.45, 7) is 1.19. The van der Waals surface area contributed by atoms with Crippen molar-refractivity contribution in [1.29, 1.82) is 0 Å². The molecular formula is C17H23NO. The molecule has 1 aromatic rings. The fourth-order valence-corrected chi connectivity index (χ4v) is 5.03. The summed E-state index contributed by atoms with van der Waals surface area (Å²) >= 11 is 0. The molecule has 2 aliphatic carbocycles. The summed E-state index contributed by atoms with van der Waals surface area (Å²) in [5.74, 6) is 1.89. The molecule has 1 saturated heterocycles. The molecule has 1 heterocycles. The second kappa shape index (κ2) is 4.24. The maximum atomic E-state index is 5.48. The minimum atomic E-state index is 0.455. The van der Waals surface area contributed by atoms with Crippen LogP contribution >= 0.6 is 0 Å². The fourth-order valence-electron chi connectivity index (χ4n) is 5.03. The molecule has 3 atom stereocenters. The number of hydrogen-bond donors (Lipinski definition) is 1. The first-order chi connectivity index (χ1) is 9.33. The van der Waals surface area contributed by atoms with Crippen LogP contribution in [0.3, 0.4) is 0 Å². The number of fused-ring (bicyclic) bond motifs is 1. The Balaban J connectivity index is 1.88. The molecule has 1 aromatic carbocycles. The summed E-state index contributed by atoms with van der Waals surface area (Å²) in [4.78, 5) is 0. The lowest BCUT2D eigenvalue weighted by atomic mass is 9.53. The van der Waals surface area contributed by atoms with Gasteiger partial charge in [-0.15, -0.1) is 0 Å². The van der Waals surface area contributed by atoms with Gasteiger partial charge in [-0.2, -0.15) is 0 Å². The Morgan fingerprint density at radius 1 is 1.26 bits per heavy atom. The van der Waals surface area contributed by atoms with Gasteiger partial charge in [0.05, 0.1) is 7.11 Å². The highest BCUT2D eigenvalue weighted by molar-refractivity contribution is 5.45. The summed E-state index contributed by atoms with van der Waals surface area (Å²) in [5.41, 5.74) is 3.64. The molecule has 0 aromatic heterocycles. The molecule has 2 bridgehead atoms. The van der Waals surface area contributed by atoms with Crippen LogP contribution in [0.4, 0.5) is 0 Å². The van der Waals surface area contributed by atoms with Gasteiger partial charge in [0, 0.05) is 11.5 Å². The molecule has 4 rings (SSSR count). The van der Waals surface area contributed by atoms with Gasteiger partial charge < -0.3 is 10.1 Å². The lowest BCUT2D eigenvalue weighted by Gasteiger charge is -2.56. The van der Waals surface area contributed by atoms with E-state index in [9.17, 15) is 0 Å². The van der Waals surface area contributed by atoms with Crippen LogP contribution in [0.1, 0.15) is 43.2 Å². The monoisotopic (exact) mass is 257 g/mol. The Morgan fingerprint density at radius 3 is 3.11 bits per heavy atom. The summed E-state index contributed by atoms with van der Waals surface area (Å²) < 4.78 is 5.48. The predicted molar refractivity (Wildman–Crippen MR) is 76.7 cm³/mol. The molecule has 1 aliphatic heterocycles. The van der Waals surface area contributed by atoms with E-state index in [1.807, 2.05) is 0 Å². The minimum absolute atomic E-state index is 0.455. The average molecular weight is 257 g/mol. The number of methoxy groups -OCH3 is 1. The number of rotatable bonds is 1. The Morgan fingerprint density at radius 2 is 2.21 bits per heavy atom. The van der Waals surface area contributed by atoms with E-state index in [1.54, 1.807) is 18.2 Å². The zero-order valence-electron chi connectivity index (χ0n) is 11.7. The molecular weight excluding hydrogens is 234 g/mol. The van der Waals surface area contributed by atoms with Crippen molar-refractivity contribution in [1.82, 2.24) is 5.32 Å². The molecule has 0 amide bonds. The van der Waals surface area contributed by atoms with Crippen LogP contribution in [0, 0.1) is 5.92 Å². The van der Waals surface area contributed by atoms with Crippen LogP contribution in [0.2, 0.25) is 0 Å². The van der Waals surface area contributed by atoms with E-state index in [2.05, 4.69) is 23.5 Å². The van der Waals surface area contributed by atoms with E-state index in [4.69, 9.17) is 4.74 Å². The Hall–Kier alpha value is -1.02. The first kappa shape index (κ1) is 11.8. The maximum absolute atomic E-state index is 5.48. The van der Waals surface area contributed by atoms with Crippen molar-refractivity contribution >= 4 is 0 Å². The first-order valence-corrected chi connectivity index (χ1v) is 7.74. The number of piperidine rings is 1. The van der Waals surface area contributed by atoms with Crippen LogP contribution in [0.5, 0.6) is 5.75 Å². The minimum Gasteiger partial charge on any atom is -0.497 e. The van der Waals surface area contributed by atoms with Gasteiger partial charge in [0.15, 0.2) is 0 Å². The van der Waals surface area contributed by atoms with Gasteiger partial charge in [-0.25, -0.2) is 0 Å². The number of benzene rings is 1. The third kappa shape index (κ3) is 1.59. The quantitative estimate of drug-likeness (QED) is 0.835. The Bertz CT molecular complexity index is 494. The highest BCUT2D eigenvalue weighted by Gasteiger charge is 2.51. The van der Waals surface area contributed by atoms with Crippen LogP contribution in [-0.2, 0) is 11.8 Å². The highest BCUT2D eigenvalue weighted by Crippen LogP contribution is 2.54. The molecule has 2 heteroatoms. The SMILES string of the molecule is COc1ccc2c(c1)[C@@]13CCCCC1C(C2)NCC3. The Kier molecular flexibility index (Phi) is 2.63. The molecule has 0 radical (unpaired) electrons. The summed E-state index contributed by atoms with van der Waals surface area (Å²) in [5, 5.41) is 3.78. The van der Waals surface area contributed by atoms with Gasteiger partial charge in [-0.3, -0.25) is 0 Å². The molecule has 19 heavy (non-hydrogen) atoms. The molecule has 2 fully saturated rings. The second-order valence-electron chi connectivity index (χ2n) is 6.55. The van der Waals surface area contributed by atoms with E-state index >= 15 is 0 Å². The zero-order chi connectivity index (χ0) is 12.9. The van der Waals surface area contributed by atoms with E-state index < -0.39 is 0 Å². The third-order valence-electron chi connectivity index (χ3n) is 5.85. The van der Waals surface area contributed by atoms with Crippen LogP contribution in [0.25, 0.3) is 0 Å². The van der Waals surface area contributed by atoms with Gasteiger partial charge in [-0.05, 0) is 61.4 Å². The summed E-state index contributed by atoms with van der Waals surface area (Å²) in [7, 11) is 1.78. The van der Waals surface area contributed by atoms with Crippen molar-refractivity contribution in [3.05, 3.63) is 29.3 Å². The van der Waals surface area contributed by atoms with Crippen molar-refractivity contribution < 1.29 is 4.74 Å². The third-order valence-corrected chi connectivity index (χ3v) is 5.85. The van der Waals surface area contributed by atoms with Crippen molar-refractivity contribution in [2.24, 2.45) is 5.92 Å². The standard InChI is InChI=1S/C17H23NO/c1-19-13-6-5-12-10-16-14-4-2-3-7-17(14,8-9-18-16)15(12)11-13/h5-6,11,14,16,18H,2-4,7-10H2,1H3/t14?,16?,17-/m1/s1. The number of hydrogen-bond acceptors (Lipinski definition) is 2. The topological polar surface area (TPSA) is 21.3 Å². The van der Waals surface area contributed by atoms with Crippen molar-refractivity contribution in [3.63, 3.8) is 0 Å². The molecule has 1 saturated carbocycles. The van der Waals surface area contributed by atoms with Crippen LogP contribution in [0.15, 0.2) is 18.2 Å². The van der Waals surface area contributed by atoms with E-state index in [1.165, 1.54) is 45.1 Å². The molecule has 3 aliphatic rings. The second-order valence-corrected chi connectivity index (χ2v) is 6.55. The molecule has 102 valence electrons. The molecule has 2 unspecified atom stereocenters. The van der Waals surface area contributed by atoms with Gasteiger partial charge in [-0.1, -0.05) is 18.9 Å². The van der Waals surface area contributed by atoms with Crippen molar-refractivity contribution in [3.8, 4) is 5.75 Å². The van der Waals surface area contributed by atoms with Crippen LogP contribution in [-0.4, -0.2) is 19.7 Å². The Labute approximate surface area is 115 Å². The maximum Gasteiger partial charge on any atom is 0.119 e. The van der Waals surface area contributed by atoms with Gasteiger partial charge in [0.25, 0.3) is 0 Å². The zero-order valence-corrected chi connectivity index (χ0v) is 11.7. The highest BCUT2D eigenvalue weighted by atomic mass is 16.5. The van der Waals surface area contributed by atoms with E-state index in [-0.39, 0.29) is 0 Å². The van der Waals surface area contributed by atoms with Crippen molar-refractivity contribution in [2.45, 2.75) is 50.0 Å². The number of ether oxygens (including phenoxy) is 1. The molecule has 2 nitrogen and oxygen atoms in total.